The van der Waals surface area contributed by atoms with Crippen molar-refractivity contribution in [3.05, 3.63) is 34.9 Å². The Morgan fingerprint density at radius 3 is 2.95 bits per heavy atom. The number of thiazole rings is 1. The van der Waals surface area contributed by atoms with Crippen molar-refractivity contribution in [2.75, 3.05) is 43.4 Å². The Hall–Kier alpha value is -2.93. The van der Waals surface area contributed by atoms with E-state index >= 15 is 4.39 Å². The summed E-state index contributed by atoms with van der Waals surface area (Å²) in [5.74, 6) is -0.603. The molecular formula is C28H27ClF3N7OS. The number of ether oxygens (including phenoxy) is 1. The molecule has 214 valence electrons. The van der Waals surface area contributed by atoms with Crippen molar-refractivity contribution in [3.63, 3.8) is 0 Å². The quantitative estimate of drug-likeness (QED) is 0.333. The third kappa shape index (κ3) is 4.05. The molecule has 5 heterocycles. The van der Waals surface area contributed by atoms with Crippen molar-refractivity contribution in [2.45, 2.75) is 49.5 Å². The zero-order valence-electron chi connectivity index (χ0n) is 22.0. The molecule has 3 saturated heterocycles. The van der Waals surface area contributed by atoms with Gasteiger partial charge in [0.25, 0.3) is 0 Å². The Morgan fingerprint density at radius 1 is 1.20 bits per heavy atom. The van der Waals surface area contributed by atoms with Crippen LogP contribution in [0.1, 0.15) is 25.7 Å². The number of fused-ring (bicyclic) bond motifs is 4. The second-order valence-corrected chi connectivity index (χ2v) is 13.0. The van der Waals surface area contributed by atoms with Gasteiger partial charge in [0.2, 0.25) is 0 Å². The van der Waals surface area contributed by atoms with E-state index < -0.39 is 23.3 Å². The van der Waals surface area contributed by atoms with Crippen molar-refractivity contribution in [1.82, 2.24) is 25.2 Å². The number of hydrogen-bond acceptors (Lipinski definition) is 9. The van der Waals surface area contributed by atoms with Gasteiger partial charge in [0, 0.05) is 54.7 Å². The largest absolute Gasteiger partial charge is 0.461 e. The van der Waals surface area contributed by atoms with Gasteiger partial charge >= 0.3 is 6.01 Å². The van der Waals surface area contributed by atoms with E-state index in [1.807, 2.05) is 0 Å². The van der Waals surface area contributed by atoms with E-state index in [0.29, 0.717) is 42.3 Å². The number of rotatable bonds is 5. The highest BCUT2D eigenvalue weighted by molar-refractivity contribution is 7.22. The molecule has 2 aromatic heterocycles. The van der Waals surface area contributed by atoms with Gasteiger partial charge in [-0.15, -0.1) is 0 Å². The number of nitrogens with two attached hydrogens (primary N) is 1. The van der Waals surface area contributed by atoms with E-state index in [9.17, 15) is 8.78 Å². The standard InChI is InChI=1S/C28H27ClF3N7OS/c29-16-8-15-22(21(32)20(16)14-2-3-17(31)24-23(14)35-26(33)41-24)36-27(37-25(15)39-7-5-34-18-9-19(18)39)40-12-28-4-1-6-38(28)11-13(30)10-28/h2-3,8,13,18-19,34H,1,4-7,9-12H2,(H2,33,35)/t13-,18?,19?,28?/m1/s1. The summed E-state index contributed by atoms with van der Waals surface area (Å²) >= 11 is 7.75. The molecule has 13 heteroatoms. The van der Waals surface area contributed by atoms with Crippen LogP contribution in [0.5, 0.6) is 6.01 Å². The van der Waals surface area contributed by atoms with E-state index in [2.05, 4.69) is 25.1 Å². The lowest BCUT2D eigenvalue weighted by molar-refractivity contribution is 0.107. The van der Waals surface area contributed by atoms with Crippen LogP contribution < -0.4 is 20.7 Å². The van der Waals surface area contributed by atoms with Crippen LogP contribution in [0.2, 0.25) is 5.02 Å². The molecule has 4 atom stereocenters. The summed E-state index contributed by atoms with van der Waals surface area (Å²) in [6.45, 7) is 2.92. The average molecular weight is 602 g/mol. The highest BCUT2D eigenvalue weighted by atomic mass is 35.5. The van der Waals surface area contributed by atoms with Gasteiger partial charge in [-0.05, 0) is 44.0 Å². The fraction of sp³-hybridized carbons (Fsp3) is 0.464. The number of halogens is 4. The van der Waals surface area contributed by atoms with Gasteiger partial charge in [0.05, 0.1) is 20.8 Å². The monoisotopic (exact) mass is 601 g/mol. The molecule has 1 aliphatic carbocycles. The van der Waals surface area contributed by atoms with Gasteiger partial charge in [-0.1, -0.05) is 22.9 Å². The van der Waals surface area contributed by atoms with Crippen LogP contribution in [0.3, 0.4) is 0 Å². The molecule has 41 heavy (non-hydrogen) atoms. The number of nitrogens with one attached hydrogen (secondary N) is 1. The van der Waals surface area contributed by atoms with Crippen LogP contribution in [0, 0.1) is 11.6 Å². The molecule has 0 radical (unpaired) electrons. The lowest BCUT2D eigenvalue weighted by atomic mass is 9.95. The predicted molar refractivity (Wildman–Crippen MR) is 154 cm³/mol. The molecule has 3 unspecified atom stereocenters. The Bertz CT molecular complexity index is 1720. The second-order valence-electron chi connectivity index (χ2n) is 11.5. The summed E-state index contributed by atoms with van der Waals surface area (Å²) in [5, 5.41) is 4.26. The summed E-state index contributed by atoms with van der Waals surface area (Å²) in [6.07, 6.45) is 2.29. The van der Waals surface area contributed by atoms with Crippen LogP contribution in [0.25, 0.3) is 32.2 Å². The maximum Gasteiger partial charge on any atom is 0.319 e. The lowest BCUT2D eigenvalue weighted by Crippen LogP contribution is -2.44. The van der Waals surface area contributed by atoms with E-state index in [1.54, 1.807) is 6.07 Å². The molecule has 3 N–H and O–H groups in total. The van der Waals surface area contributed by atoms with Gasteiger partial charge in [-0.3, -0.25) is 4.90 Å². The Labute approximate surface area is 242 Å². The van der Waals surface area contributed by atoms with Gasteiger partial charge in [-0.2, -0.15) is 9.97 Å². The Morgan fingerprint density at radius 2 is 2.07 bits per heavy atom. The first-order chi connectivity index (χ1) is 19.8. The Kier molecular flexibility index (Phi) is 5.83. The zero-order chi connectivity index (χ0) is 28.0. The molecular weight excluding hydrogens is 575 g/mol. The smallest absolute Gasteiger partial charge is 0.319 e. The zero-order valence-corrected chi connectivity index (χ0v) is 23.5. The second kappa shape index (κ2) is 9.29. The molecule has 0 bridgehead atoms. The van der Waals surface area contributed by atoms with Crippen LogP contribution in [-0.2, 0) is 0 Å². The van der Waals surface area contributed by atoms with Crippen molar-refractivity contribution < 1.29 is 17.9 Å². The normalized spacial score (nSPS) is 27.5. The summed E-state index contributed by atoms with van der Waals surface area (Å²) < 4.78 is 52.0. The minimum Gasteiger partial charge on any atom is -0.461 e. The third-order valence-electron chi connectivity index (χ3n) is 9.04. The first kappa shape index (κ1) is 25.8. The summed E-state index contributed by atoms with van der Waals surface area (Å²) in [5.41, 5.74) is 6.16. The number of nitrogens with zero attached hydrogens (tertiary/aromatic N) is 5. The number of aromatic nitrogens is 3. The van der Waals surface area contributed by atoms with Gasteiger partial charge in [0.1, 0.15) is 29.9 Å². The average Bonchev–Trinajstić information content (AvgIpc) is 3.33. The molecule has 4 fully saturated rings. The van der Waals surface area contributed by atoms with E-state index in [1.165, 1.54) is 12.1 Å². The van der Waals surface area contributed by atoms with Gasteiger partial charge in [-0.25, -0.2) is 18.2 Å². The predicted octanol–water partition coefficient (Wildman–Crippen LogP) is 4.93. The maximum absolute atomic E-state index is 16.6. The maximum atomic E-state index is 16.6. The number of hydrogen-bond donors (Lipinski definition) is 2. The van der Waals surface area contributed by atoms with Crippen LogP contribution in [-0.4, -0.2) is 76.4 Å². The number of benzene rings is 2. The molecule has 2 aromatic carbocycles. The van der Waals surface area contributed by atoms with E-state index in [0.717, 1.165) is 43.7 Å². The summed E-state index contributed by atoms with van der Waals surface area (Å²) in [6, 6.07) is 5.01. The van der Waals surface area contributed by atoms with Crippen molar-refractivity contribution in [3.8, 4) is 17.1 Å². The van der Waals surface area contributed by atoms with Crippen molar-refractivity contribution >= 4 is 55.0 Å². The number of anilines is 2. The summed E-state index contributed by atoms with van der Waals surface area (Å²) in [4.78, 5) is 17.9. The number of piperazine rings is 1. The van der Waals surface area contributed by atoms with Crippen LogP contribution >= 0.6 is 22.9 Å². The minimum absolute atomic E-state index is 0.0427. The fourth-order valence-electron chi connectivity index (χ4n) is 7.08. The van der Waals surface area contributed by atoms with E-state index in [4.69, 9.17) is 27.1 Å². The van der Waals surface area contributed by atoms with Crippen molar-refractivity contribution in [1.29, 1.82) is 0 Å². The first-order valence-electron chi connectivity index (χ1n) is 13.9. The third-order valence-corrected chi connectivity index (χ3v) is 10.2. The number of alkyl halides is 1. The molecule has 8 rings (SSSR count). The van der Waals surface area contributed by atoms with Gasteiger partial charge in [0.15, 0.2) is 10.9 Å². The Balaban J connectivity index is 1.27. The first-order valence-corrected chi connectivity index (χ1v) is 15.1. The highest BCUT2D eigenvalue weighted by Gasteiger charge is 2.50. The molecule has 1 saturated carbocycles. The number of nitrogen functional groups attached to an aromatic ring is 1. The summed E-state index contributed by atoms with van der Waals surface area (Å²) in [7, 11) is 0. The van der Waals surface area contributed by atoms with E-state index in [-0.39, 0.29) is 50.1 Å². The SMILES string of the molecule is Nc1nc2c(-c3c(Cl)cc4c(N5CCNC6CC65)nc(OCC56CCCN5C[C@H](F)C6)nc4c3F)ccc(F)c2s1. The molecule has 8 nitrogen and oxygen atoms in total. The topological polar surface area (TPSA) is 92.4 Å². The van der Waals surface area contributed by atoms with Gasteiger partial charge < -0.3 is 20.7 Å². The van der Waals surface area contributed by atoms with Crippen LogP contribution in [0.4, 0.5) is 24.1 Å². The minimum atomic E-state index is -0.894. The molecule has 4 aliphatic rings. The fourth-order valence-corrected chi connectivity index (χ4v) is 8.13. The molecule has 0 amide bonds. The molecule has 0 spiro atoms. The highest BCUT2D eigenvalue weighted by Crippen LogP contribution is 2.45. The lowest BCUT2D eigenvalue weighted by Gasteiger charge is -2.32. The van der Waals surface area contributed by atoms with Crippen molar-refractivity contribution in [2.24, 2.45) is 0 Å². The molecule has 3 aliphatic heterocycles. The molecule has 4 aromatic rings. The van der Waals surface area contributed by atoms with Crippen LogP contribution in [0.15, 0.2) is 18.2 Å².